The highest BCUT2D eigenvalue weighted by molar-refractivity contribution is 5.93. The maximum absolute atomic E-state index is 16.7. The van der Waals surface area contributed by atoms with E-state index < -0.39 is 30.3 Å². The minimum Gasteiger partial charge on any atom is -0.465 e. The maximum Gasteiger partial charge on any atom is 0.407 e. The number of hydrogen-bond acceptors (Lipinski definition) is 9. The second-order valence-corrected chi connectivity index (χ2v) is 16.0. The summed E-state index contributed by atoms with van der Waals surface area (Å²) < 4.78 is 34.8. The molecule has 2 aliphatic heterocycles. The number of hydrogen-bond donors (Lipinski definition) is 4. The molecule has 16 nitrogen and oxygen atoms in total. The van der Waals surface area contributed by atoms with Gasteiger partial charge in [0.1, 0.15) is 35.8 Å². The van der Waals surface area contributed by atoms with Gasteiger partial charge < -0.3 is 49.2 Å². The number of methoxy groups -OCH3 is 2. The molecule has 3 aromatic heterocycles. The fraction of sp³-hybridized carbons (Fsp3) is 0.348. The second kappa shape index (κ2) is 18.0. The molecule has 0 bridgehead atoms. The van der Waals surface area contributed by atoms with Crippen LogP contribution in [-0.2, 0) is 25.6 Å². The Hall–Kier alpha value is -7.17. The molecule has 5 heterocycles. The van der Waals surface area contributed by atoms with Crippen LogP contribution in [0, 0.1) is 11.7 Å². The van der Waals surface area contributed by atoms with E-state index in [1.807, 2.05) is 86.0 Å². The number of likely N-dealkylation sites (tertiary alicyclic amines) is 1. The van der Waals surface area contributed by atoms with Crippen LogP contribution in [-0.4, -0.2) is 98.2 Å². The first-order chi connectivity index (χ1) is 30.5. The average molecular weight is 860 g/mol. The van der Waals surface area contributed by atoms with Gasteiger partial charge in [-0.3, -0.25) is 9.59 Å². The Morgan fingerprint density at radius 3 is 2.46 bits per heavy atom. The molecule has 3 atom stereocenters. The third-order valence-electron chi connectivity index (χ3n) is 11.5. The molecule has 0 spiro atoms. The van der Waals surface area contributed by atoms with Crippen LogP contribution in [0.4, 0.5) is 14.0 Å². The van der Waals surface area contributed by atoms with Gasteiger partial charge in [-0.2, -0.15) is 0 Å². The second-order valence-electron chi connectivity index (χ2n) is 16.0. The highest BCUT2D eigenvalue weighted by Gasteiger charge is 2.35. The fourth-order valence-corrected chi connectivity index (χ4v) is 8.46. The van der Waals surface area contributed by atoms with Crippen LogP contribution in [0.1, 0.15) is 69.5 Å². The van der Waals surface area contributed by atoms with E-state index in [9.17, 15) is 19.2 Å². The van der Waals surface area contributed by atoms with Crippen molar-refractivity contribution in [2.24, 2.45) is 5.92 Å². The lowest BCUT2D eigenvalue weighted by Gasteiger charge is -2.31. The number of H-pyrrole nitrogens is 2. The number of aromatic nitrogens is 5. The van der Waals surface area contributed by atoms with Gasteiger partial charge in [-0.25, -0.2) is 23.9 Å². The summed E-state index contributed by atoms with van der Waals surface area (Å²) in [5.41, 5.74) is 5.35. The van der Waals surface area contributed by atoms with Gasteiger partial charge in [0.25, 0.3) is 0 Å². The molecule has 3 unspecified atom stereocenters. The van der Waals surface area contributed by atoms with Crippen molar-refractivity contribution < 1.29 is 37.8 Å². The molecular formula is C46H50FN9O7. The normalized spacial score (nSPS) is 16.0. The lowest BCUT2D eigenvalue weighted by atomic mass is 10.0. The Morgan fingerprint density at radius 2 is 1.71 bits per heavy atom. The van der Waals surface area contributed by atoms with Crippen molar-refractivity contribution in [2.75, 3.05) is 33.9 Å². The lowest BCUT2D eigenvalue weighted by molar-refractivity contribution is -0.135. The predicted molar refractivity (Wildman–Crippen MR) is 232 cm³/mol. The molecular weight excluding hydrogens is 810 g/mol. The number of nitrogens with one attached hydrogen (secondary N) is 4. The van der Waals surface area contributed by atoms with E-state index in [0.29, 0.717) is 65.8 Å². The summed E-state index contributed by atoms with van der Waals surface area (Å²) in [5.74, 6) is 0.383. The van der Waals surface area contributed by atoms with Gasteiger partial charge in [-0.1, -0.05) is 57.2 Å². The van der Waals surface area contributed by atoms with Crippen LogP contribution in [0.2, 0.25) is 0 Å². The van der Waals surface area contributed by atoms with E-state index in [2.05, 4.69) is 35.3 Å². The van der Waals surface area contributed by atoms with Crippen LogP contribution in [0.25, 0.3) is 44.7 Å². The summed E-state index contributed by atoms with van der Waals surface area (Å²) in [6.07, 6.45) is 3.54. The minimum atomic E-state index is -0.762. The number of nitrogens with zero attached hydrogens (tertiary/aromatic N) is 5. The molecule has 0 radical (unpaired) electrons. The Bertz CT molecular complexity index is 2660. The molecule has 6 aromatic rings. The van der Waals surface area contributed by atoms with Gasteiger partial charge in [0.15, 0.2) is 0 Å². The molecule has 1 saturated heterocycles. The van der Waals surface area contributed by atoms with Crippen molar-refractivity contribution in [1.82, 2.24) is 44.9 Å². The van der Waals surface area contributed by atoms with Crippen molar-refractivity contribution in [3.63, 3.8) is 0 Å². The number of aromatic amines is 2. The molecule has 4 N–H and O–H groups in total. The van der Waals surface area contributed by atoms with Crippen molar-refractivity contribution in [2.45, 2.75) is 64.9 Å². The largest absolute Gasteiger partial charge is 0.465 e. The van der Waals surface area contributed by atoms with Crippen LogP contribution >= 0.6 is 0 Å². The van der Waals surface area contributed by atoms with E-state index in [-0.39, 0.29) is 36.9 Å². The zero-order valence-electron chi connectivity index (χ0n) is 35.7. The summed E-state index contributed by atoms with van der Waals surface area (Å²) in [4.78, 5) is 69.6. The van der Waals surface area contributed by atoms with E-state index in [0.717, 1.165) is 34.1 Å². The third-order valence-corrected chi connectivity index (χ3v) is 11.5. The highest BCUT2D eigenvalue weighted by Crippen LogP contribution is 2.47. The van der Waals surface area contributed by atoms with E-state index >= 15 is 4.39 Å². The summed E-state index contributed by atoms with van der Waals surface area (Å²) >= 11 is 0. The number of amides is 4. The van der Waals surface area contributed by atoms with Gasteiger partial charge >= 0.3 is 12.2 Å². The first-order valence-corrected chi connectivity index (χ1v) is 21.0. The quantitative estimate of drug-likeness (QED) is 0.0924. The number of carbonyl (C=O) groups excluding carboxylic acids is 4. The molecule has 2 aliphatic rings. The topological polar surface area (TPSA) is 189 Å². The number of halogens is 1. The molecule has 8 rings (SSSR count). The number of alkyl carbamates (subject to hydrolysis) is 2. The van der Waals surface area contributed by atoms with Gasteiger partial charge in [-0.15, -0.1) is 0 Å². The third kappa shape index (κ3) is 8.54. The monoisotopic (exact) mass is 859 g/mol. The zero-order chi connectivity index (χ0) is 44.4. The van der Waals surface area contributed by atoms with Crippen LogP contribution in [0.15, 0.2) is 79.1 Å². The van der Waals surface area contributed by atoms with Crippen molar-refractivity contribution in [3.8, 4) is 39.5 Å². The van der Waals surface area contributed by atoms with Gasteiger partial charge in [0.2, 0.25) is 18.0 Å². The molecule has 1 fully saturated rings. The number of rotatable bonds is 13. The first-order valence-electron chi connectivity index (χ1n) is 21.0. The predicted octanol–water partition coefficient (Wildman–Crippen LogP) is 7.31. The van der Waals surface area contributed by atoms with Gasteiger partial charge in [-0.05, 0) is 55.5 Å². The standard InChI is InChI=1S/C46H50FN9O7/c1-6-16-54(43(58)41(26(2)3)53-46(60)62-5)25-38-48-22-32(51-38)28-14-15-34-30(18-28)20-36-40-31(47)19-29(21-37(40)63-44(56(34)36)27-11-8-7-9-12-27)33-23-49-42(52-33)35-13-10-17-55(35)39(57)24-50-45(59)61-4/h7-9,11-12,14-15,18-23,26,35,41,44H,6,10,13,16-17,24-25H2,1-5H3,(H,48,51)(H,49,52)(H,50,59)(H,53,60). The van der Waals surface area contributed by atoms with Crippen LogP contribution in [0.3, 0.4) is 0 Å². The Kier molecular flexibility index (Phi) is 12.2. The number of carbonyl (C=O) groups is 4. The lowest BCUT2D eigenvalue weighted by Crippen LogP contribution is -2.51. The smallest absolute Gasteiger partial charge is 0.407 e. The molecule has 17 heteroatoms. The van der Waals surface area contributed by atoms with Gasteiger partial charge in [0.05, 0.1) is 67.4 Å². The summed E-state index contributed by atoms with van der Waals surface area (Å²) in [5, 5.41) is 5.97. The SMILES string of the molecule is CCCN(Cc1ncc(-c2ccc3c(c2)cc2n3C(c3ccccc3)Oc3cc(-c4cnc(C5CCCN5C(=O)CNC(=O)OC)[nH]4)cc(F)c3-2)[nH]1)C(=O)C(NC(=O)OC)C(C)C. The highest BCUT2D eigenvalue weighted by atomic mass is 19.1. The van der Waals surface area contributed by atoms with E-state index in [4.69, 9.17) is 9.47 Å². The Morgan fingerprint density at radius 1 is 0.952 bits per heavy atom. The summed E-state index contributed by atoms with van der Waals surface area (Å²) in [6.45, 7) is 6.72. The Balaban J connectivity index is 1.09. The molecule has 4 amide bonds. The fourth-order valence-electron chi connectivity index (χ4n) is 8.46. The zero-order valence-corrected chi connectivity index (χ0v) is 35.7. The molecule has 0 aliphatic carbocycles. The Labute approximate surface area is 363 Å². The molecule has 63 heavy (non-hydrogen) atoms. The molecule has 328 valence electrons. The number of benzene rings is 3. The molecule has 3 aromatic carbocycles. The van der Waals surface area contributed by atoms with Crippen molar-refractivity contribution in [3.05, 3.63) is 102 Å². The maximum atomic E-state index is 16.7. The molecule has 0 saturated carbocycles. The van der Waals surface area contributed by atoms with E-state index in [1.54, 1.807) is 22.2 Å². The minimum absolute atomic E-state index is 0.166. The number of ether oxygens (including phenoxy) is 3. The average Bonchev–Trinajstić information content (AvgIpc) is 4.13. The van der Waals surface area contributed by atoms with Gasteiger partial charge in [0, 0.05) is 35.2 Å². The van der Waals surface area contributed by atoms with Crippen LogP contribution in [0.5, 0.6) is 5.75 Å². The van der Waals surface area contributed by atoms with Crippen molar-refractivity contribution in [1.29, 1.82) is 0 Å². The summed E-state index contributed by atoms with van der Waals surface area (Å²) in [7, 11) is 2.50. The van der Waals surface area contributed by atoms with Crippen LogP contribution < -0.4 is 15.4 Å². The number of fused-ring (bicyclic) bond motifs is 5. The first kappa shape index (κ1) is 42.5. The van der Waals surface area contributed by atoms with E-state index in [1.165, 1.54) is 20.3 Å². The number of imidazole rings is 2. The summed E-state index contributed by atoms with van der Waals surface area (Å²) in [6, 6.07) is 19.9. The van der Waals surface area contributed by atoms with Crippen molar-refractivity contribution >= 4 is 34.9 Å².